The van der Waals surface area contributed by atoms with Gasteiger partial charge in [-0.1, -0.05) is 41.0 Å². The lowest BCUT2D eigenvalue weighted by atomic mass is 9.78. The van der Waals surface area contributed by atoms with Crippen molar-refractivity contribution in [3.05, 3.63) is 0 Å². The van der Waals surface area contributed by atoms with Crippen molar-refractivity contribution in [3.63, 3.8) is 0 Å². The van der Waals surface area contributed by atoms with Crippen molar-refractivity contribution in [2.75, 3.05) is 13.1 Å². The fourth-order valence-corrected chi connectivity index (χ4v) is 2.42. The van der Waals surface area contributed by atoms with Gasteiger partial charge < -0.3 is 5.32 Å². The summed E-state index contributed by atoms with van der Waals surface area (Å²) in [6.07, 6.45) is 5.24. The summed E-state index contributed by atoms with van der Waals surface area (Å²) < 4.78 is 0. The molecular weight excluding hydrogens is 170 g/mol. The Balaban J connectivity index is 3.95. The van der Waals surface area contributed by atoms with Crippen molar-refractivity contribution in [1.29, 1.82) is 0 Å². The van der Waals surface area contributed by atoms with Crippen molar-refractivity contribution in [3.8, 4) is 0 Å². The SMILES string of the molecule is CCCNCC(C)(CCC)CC(C)C. The van der Waals surface area contributed by atoms with Crippen LogP contribution in [0.4, 0.5) is 0 Å². The van der Waals surface area contributed by atoms with Crippen LogP contribution in [-0.4, -0.2) is 13.1 Å². The molecule has 14 heavy (non-hydrogen) atoms. The van der Waals surface area contributed by atoms with Gasteiger partial charge in [-0.2, -0.15) is 0 Å². The molecule has 0 amide bonds. The lowest BCUT2D eigenvalue weighted by molar-refractivity contribution is 0.224. The predicted octanol–water partition coefficient (Wildman–Crippen LogP) is 3.84. The Labute approximate surface area is 90.7 Å². The number of rotatable bonds is 8. The largest absolute Gasteiger partial charge is 0.316 e. The third kappa shape index (κ3) is 6.42. The molecule has 1 atom stereocenters. The fourth-order valence-electron chi connectivity index (χ4n) is 2.42. The van der Waals surface area contributed by atoms with E-state index in [9.17, 15) is 0 Å². The summed E-state index contributed by atoms with van der Waals surface area (Å²) in [6.45, 7) is 14.0. The minimum Gasteiger partial charge on any atom is -0.316 e. The van der Waals surface area contributed by atoms with Crippen molar-refractivity contribution in [1.82, 2.24) is 5.32 Å². The molecule has 0 aromatic rings. The molecule has 1 nitrogen and oxygen atoms in total. The first-order chi connectivity index (χ1) is 6.54. The van der Waals surface area contributed by atoms with E-state index in [0.29, 0.717) is 5.41 Å². The molecule has 0 spiro atoms. The summed E-state index contributed by atoms with van der Waals surface area (Å²) in [7, 11) is 0. The zero-order valence-corrected chi connectivity index (χ0v) is 10.8. The first-order valence-electron chi connectivity index (χ1n) is 6.24. The van der Waals surface area contributed by atoms with Crippen molar-refractivity contribution in [2.24, 2.45) is 11.3 Å². The first kappa shape index (κ1) is 14.0. The van der Waals surface area contributed by atoms with Crippen LogP contribution in [0.1, 0.15) is 60.3 Å². The zero-order chi connectivity index (χ0) is 11.0. The average molecular weight is 199 g/mol. The van der Waals surface area contributed by atoms with Crippen LogP contribution >= 0.6 is 0 Å². The monoisotopic (exact) mass is 199 g/mol. The topological polar surface area (TPSA) is 12.0 Å². The summed E-state index contributed by atoms with van der Waals surface area (Å²) in [6, 6.07) is 0. The molecule has 0 fully saturated rings. The van der Waals surface area contributed by atoms with Gasteiger partial charge in [0.25, 0.3) is 0 Å². The van der Waals surface area contributed by atoms with Crippen LogP contribution in [0.15, 0.2) is 0 Å². The van der Waals surface area contributed by atoms with Gasteiger partial charge in [-0.15, -0.1) is 0 Å². The highest BCUT2D eigenvalue weighted by molar-refractivity contribution is 4.77. The lowest BCUT2D eigenvalue weighted by Gasteiger charge is -2.31. The summed E-state index contributed by atoms with van der Waals surface area (Å²) in [5.74, 6) is 0.815. The van der Waals surface area contributed by atoms with Crippen LogP contribution < -0.4 is 5.32 Å². The second kappa shape index (κ2) is 7.28. The molecule has 0 aliphatic heterocycles. The molecule has 1 heteroatoms. The second-order valence-electron chi connectivity index (χ2n) is 5.34. The minimum absolute atomic E-state index is 0.512. The summed E-state index contributed by atoms with van der Waals surface area (Å²) >= 11 is 0. The van der Waals surface area contributed by atoms with Gasteiger partial charge in [-0.05, 0) is 37.1 Å². The van der Waals surface area contributed by atoms with Crippen LogP contribution in [0.25, 0.3) is 0 Å². The molecule has 0 heterocycles. The van der Waals surface area contributed by atoms with Gasteiger partial charge in [0.2, 0.25) is 0 Å². The summed E-state index contributed by atoms with van der Waals surface area (Å²) in [4.78, 5) is 0. The quantitative estimate of drug-likeness (QED) is 0.586. The Kier molecular flexibility index (Phi) is 7.26. The maximum absolute atomic E-state index is 3.57. The van der Waals surface area contributed by atoms with Crippen molar-refractivity contribution in [2.45, 2.75) is 60.3 Å². The van der Waals surface area contributed by atoms with Crippen molar-refractivity contribution < 1.29 is 0 Å². The fraction of sp³-hybridized carbons (Fsp3) is 1.00. The summed E-state index contributed by atoms with van der Waals surface area (Å²) in [5, 5.41) is 3.57. The molecule has 0 rings (SSSR count). The average Bonchev–Trinajstić information content (AvgIpc) is 2.03. The van der Waals surface area contributed by atoms with Crippen LogP contribution in [0, 0.1) is 11.3 Å². The highest BCUT2D eigenvalue weighted by atomic mass is 14.9. The van der Waals surface area contributed by atoms with E-state index in [-0.39, 0.29) is 0 Å². The van der Waals surface area contributed by atoms with Gasteiger partial charge in [0.15, 0.2) is 0 Å². The van der Waals surface area contributed by atoms with Crippen LogP contribution in [0.5, 0.6) is 0 Å². The molecule has 0 radical (unpaired) electrons. The van der Waals surface area contributed by atoms with Gasteiger partial charge >= 0.3 is 0 Å². The highest BCUT2D eigenvalue weighted by Gasteiger charge is 2.23. The minimum atomic E-state index is 0.512. The van der Waals surface area contributed by atoms with Gasteiger partial charge in [-0.3, -0.25) is 0 Å². The van der Waals surface area contributed by atoms with Gasteiger partial charge in [0.1, 0.15) is 0 Å². The van der Waals surface area contributed by atoms with E-state index in [4.69, 9.17) is 0 Å². The van der Waals surface area contributed by atoms with E-state index in [1.165, 1.54) is 32.2 Å². The Bertz CT molecular complexity index is 131. The third-order valence-electron chi connectivity index (χ3n) is 2.73. The zero-order valence-electron chi connectivity index (χ0n) is 10.8. The van der Waals surface area contributed by atoms with E-state index >= 15 is 0 Å². The van der Waals surface area contributed by atoms with Crippen LogP contribution in [0.2, 0.25) is 0 Å². The van der Waals surface area contributed by atoms with Crippen molar-refractivity contribution >= 4 is 0 Å². The van der Waals surface area contributed by atoms with Crippen LogP contribution in [0.3, 0.4) is 0 Å². The molecule has 0 bridgehead atoms. The number of nitrogens with one attached hydrogen (secondary N) is 1. The molecule has 0 aromatic carbocycles. The molecule has 86 valence electrons. The predicted molar refractivity (Wildman–Crippen MR) is 65.6 cm³/mol. The first-order valence-corrected chi connectivity index (χ1v) is 6.24. The molecular formula is C13H29N. The van der Waals surface area contributed by atoms with Gasteiger partial charge in [0, 0.05) is 6.54 Å². The molecule has 0 aliphatic rings. The number of hydrogen-bond acceptors (Lipinski definition) is 1. The molecule has 0 saturated carbocycles. The Morgan fingerprint density at radius 3 is 2.21 bits per heavy atom. The Morgan fingerprint density at radius 2 is 1.79 bits per heavy atom. The smallest absolute Gasteiger partial charge is 0.000525 e. The van der Waals surface area contributed by atoms with Gasteiger partial charge in [0.05, 0.1) is 0 Å². The maximum atomic E-state index is 3.57. The Hall–Kier alpha value is -0.0400. The lowest BCUT2D eigenvalue weighted by Crippen LogP contribution is -2.33. The van der Waals surface area contributed by atoms with E-state index in [0.717, 1.165) is 12.5 Å². The normalized spacial score (nSPS) is 15.9. The standard InChI is InChI=1S/C13H29N/c1-6-8-13(5,10-12(3)4)11-14-9-7-2/h12,14H,6-11H2,1-5H3. The van der Waals surface area contributed by atoms with Gasteiger partial charge in [-0.25, -0.2) is 0 Å². The molecule has 1 N–H and O–H groups in total. The van der Waals surface area contributed by atoms with E-state index in [2.05, 4.69) is 39.9 Å². The highest BCUT2D eigenvalue weighted by Crippen LogP contribution is 2.30. The number of hydrogen-bond donors (Lipinski definition) is 1. The van der Waals surface area contributed by atoms with E-state index < -0.39 is 0 Å². The third-order valence-corrected chi connectivity index (χ3v) is 2.73. The van der Waals surface area contributed by atoms with Crippen LogP contribution in [-0.2, 0) is 0 Å². The molecule has 1 unspecified atom stereocenters. The molecule has 0 aromatic heterocycles. The summed E-state index contributed by atoms with van der Waals surface area (Å²) in [5.41, 5.74) is 0.512. The Morgan fingerprint density at radius 1 is 1.14 bits per heavy atom. The van der Waals surface area contributed by atoms with E-state index in [1.807, 2.05) is 0 Å². The van der Waals surface area contributed by atoms with E-state index in [1.54, 1.807) is 0 Å². The molecule has 0 aliphatic carbocycles. The maximum Gasteiger partial charge on any atom is 0.000525 e. The second-order valence-corrected chi connectivity index (χ2v) is 5.34. The molecule has 0 saturated heterocycles.